The molecular formula is C16H21N3O4. The van der Waals surface area contributed by atoms with Crippen LogP contribution in [0.5, 0.6) is 0 Å². The second-order valence-electron chi connectivity index (χ2n) is 5.38. The fraction of sp³-hybridized carbons (Fsp3) is 0.438. The first-order valence-electron chi connectivity index (χ1n) is 7.57. The van der Waals surface area contributed by atoms with Crippen LogP contribution in [0, 0.1) is 0 Å². The summed E-state index contributed by atoms with van der Waals surface area (Å²) in [5.74, 6) is -0.932. The Morgan fingerprint density at radius 1 is 1.26 bits per heavy atom. The Morgan fingerprint density at radius 2 is 2.00 bits per heavy atom. The van der Waals surface area contributed by atoms with Crippen LogP contribution in [-0.2, 0) is 14.3 Å². The Labute approximate surface area is 134 Å². The van der Waals surface area contributed by atoms with Crippen molar-refractivity contribution in [3.05, 3.63) is 29.8 Å². The summed E-state index contributed by atoms with van der Waals surface area (Å²) in [4.78, 5) is 34.7. The standard InChI is InChI=1S/C16H21N3O4/c1-23-15(21)10-18-16(22)11-4-6-12(7-5-11)19-14(20)9-13-3-2-8-17-13/h4-7,13,17H,2-3,8-10H2,1H3,(H,18,22)(H,19,20). The summed E-state index contributed by atoms with van der Waals surface area (Å²) in [6.07, 6.45) is 2.57. The highest BCUT2D eigenvalue weighted by molar-refractivity contribution is 5.97. The largest absolute Gasteiger partial charge is 0.468 e. The van der Waals surface area contributed by atoms with Crippen LogP contribution < -0.4 is 16.0 Å². The average Bonchev–Trinajstić information content (AvgIpc) is 3.05. The van der Waals surface area contributed by atoms with Crippen molar-refractivity contribution in [1.29, 1.82) is 0 Å². The van der Waals surface area contributed by atoms with Gasteiger partial charge in [-0.25, -0.2) is 0 Å². The van der Waals surface area contributed by atoms with Crippen molar-refractivity contribution in [2.75, 3.05) is 25.5 Å². The first kappa shape index (κ1) is 17.0. The predicted octanol–water partition coefficient (Wildman–Crippen LogP) is 0.670. The maximum Gasteiger partial charge on any atom is 0.325 e. The molecule has 3 N–H and O–H groups in total. The van der Waals surface area contributed by atoms with E-state index < -0.39 is 5.97 Å². The molecule has 1 saturated heterocycles. The van der Waals surface area contributed by atoms with Crippen LogP contribution >= 0.6 is 0 Å². The number of hydrogen-bond donors (Lipinski definition) is 3. The molecule has 0 aromatic heterocycles. The molecule has 1 atom stereocenters. The number of benzene rings is 1. The van der Waals surface area contributed by atoms with E-state index in [0.717, 1.165) is 19.4 Å². The van der Waals surface area contributed by atoms with Gasteiger partial charge in [-0.3, -0.25) is 14.4 Å². The number of carbonyl (C=O) groups is 3. The third-order valence-corrected chi connectivity index (χ3v) is 3.65. The predicted molar refractivity (Wildman–Crippen MR) is 85.1 cm³/mol. The summed E-state index contributed by atoms with van der Waals surface area (Å²) in [5.41, 5.74) is 1.04. The Hall–Kier alpha value is -2.41. The maximum absolute atomic E-state index is 11.9. The number of anilines is 1. The summed E-state index contributed by atoms with van der Waals surface area (Å²) < 4.78 is 4.45. The number of hydrogen-bond acceptors (Lipinski definition) is 5. The number of rotatable bonds is 6. The molecule has 0 radical (unpaired) electrons. The lowest BCUT2D eigenvalue weighted by molar-refractivity contribution is -0.139. The molecule has 2 rings (SSSR count). The maximum atomic E-state index is 11.9. The molecule has 7 heteroatoms. The normalized spacial score (nSPS) is 16.7. The van der Waals surface area contributed by atoms with Crippen LogP contribution in [-0.4, -0.2) is 44.0 Å². The van der Waals surface area contributed by atoms with Crippen molar-refractivity contribution in [2.24, 2.45) is 0 Å². The molecule has 23 heavy (non-hydrogen) atoms. The molecule has 0 spiro atoms. The molecular weight excluding hydrogens is 298 g/mol. The van der Waals surface area contributed by atoms with Crippen LogP contribution in [0.2, 0.25) is 0 Å². The van der Waals surface area contributed by atoms with Gasteiger partial charge in [-0.1, -0.05) is 0 Å². The highest BCUT2D eigenvalue weighted by atomic mass is 16.5. The Kier molecular flexibility index (Phi) is 6.10. The summed E-state index contributed by atoms with van der Waals surface area (Å²) in [6.45, 7) is 0.787. The number of nitrogens with one attached hydrogen (secondary N) is 3. The number of methoxy groups -OCH3 is 1. The van der Waals surface area contributed by atoms with E-state index in [4.69, 9.17) is 0 Å². The third-order valence-electron chi connectivity index (χ3n) is 3.65. The van der Waals surface area contributed by atoms with Crippen molar-refractivity contribution in [3.8, 4) is 0 Å². The molecule has 1 unspecified atom stereocenters. The number of esters is 1. The summed E-state index contributed by atoms with van der Waals surface area (Å²) in [5, 5.41) is 8.53. The molecule has 7 nitrogen and oxygen atoms in total. The topological polar surface area (TPSA) is 96.5 Å². The molecule has 2 amide bonds. The van der Waals surface area contributed by atoms with Gasteiger partial charge in [0.2, 0.25) is 5.91 Å². The van der Waals surface area contributed by atoms with E-state index in [9.17, 15) is 14.4 Å². The smallest absolute Gasteiger partial charge is 0.325 e. The molecule has 0 saturated carbocycles. The zero-order valence-electron chi connectivity index (χ0n) is 13.1. The van der Waals surface area contributed by atoms with E-state index in [1.165, 1.54) is 7.11 Å². The van der Waals surface area contributed by atoms with Gasteiger partial charge in [0, 0.05) is 23.7 Å². The minimum atomic E-state index is -0.511. The Bertz CT molecular complexity index is 565. The lowest BCUT2D eigenvalue weighted by Crippen LogP contribution is -2.30. The first-order chi connectivity index (χ1) is 11.1. The van der Waals surface area contributed by atoms with Gasteiger partial charge in [-0.15, -0.1) is 0 Å². The van der Waals surface area contributed by atoms with Crippen molar-refractivity contribution in [2.45, 2.75) is 25.3 Å². The molecule has 1 fully saturated rings. The van der Waals surface area contributed by atoms with Crippen LogP contribution in [0.15, 0.2) is 24.3 Å². The van der Waals surface area contributed by atoms with Gasteiger partial charge in [0.1, 0.15) is 6.54 Å². The zero-order valence-corrected chi connectivity index (χ0v) is 13.1. The number of ether oxygens (including phenoxy) is 1. The van der Waals surface area contributed by atoms with E-state index in [1.807, 2.05) is 0 Å². The fourth-order valence-electron chi connectivity index (χ4n) is 2.40. The first-order valence-corrected chi connectivity index (χ1v) is 7.57. The SMILES string of the molecule is COC(=O)CNC(=O)c1ccc(NC(=O)CC2CCCN2)cc1. The van der Waals surface area contributed by atoms with Gasteiger partial charge < -0.3 is 20.7 Å². The zero-order chi connectivity index (χ0) is 16.7. The molecule has 0 bridgehead atoms. The monoisotopic (exact) mass is 319 g/mol. The van der Waals surface area contributed by atoms with Crippen molar-refractivity contribution in [3.63, 3.8) is 0 Å². The van der Waals surface area contributed by atoms with Gasteiger partial charge in [0.05, 0.1) is 7.11 Å². The third kappa shape index (κ3) is 5.37. The summed E-state index contributed by atoms with van der Waals surface area (Å²) >= 11 is 0. The molecule has 1 aliphatic heterocycles. The molecule has 0 aliphatic carbocycles. The summed E-state index contributed by atoms with van der Waals surface area (Å²) in [7, 11) is 1.26. The van der Waals surface area contributed by atoms with Crippen LogP contribution in [0.25, 0.3) is 0 Å². The molecule has 1 heterocycles. The van der Waals surface area contributed by atoms with Gasteiger partial charge in [0.25, 0.3) is 5.91 Å². The van der Waals surface area contributed by atoms with E-state index in [-0.39, 0.29) is 24.4 Å². The molecule has 1 aromatic carbocycles. The van der Waals surface area contributed by atoms with E-state index in [1.54, 1.807) is 24.3 Å². The Balaban J connectivity index is 1.82. The van der Waals surface area contributed by atoms with Gasteiger partial charge >= 0.3 is 5.97 Å². The van der Waals surface area contributed by atoms with E-state index in [2.05, 4.69) is 20.7 Å². The lowest BCUT2D eigenvalue weighted by atomic mass is 10.1. The van der Waals surface area contributed by atoms with Gasteiger partial charge in [-0.05, 0) is 43.7 Å². The molecule has 124 valence electrons. The second-order valence-corrected chi connectivity index (χ2v) is 5.38. The van der Waals surface area contributed by atoms with E-state index in [0.29, 0.717) is 17.7 Å². The highest BCUT2D eigenvalue weighted by Crippen LogP contribution is 2.13. The van der Waals surface area contributed by atoms with Crippen molar-refractivity contribution < 1.29 is 19.1 Å². The second kappa shape index (κ2) is 8.28. The quantitative estimate of drug-likeness (QED) is 0.670. The molecule has 1 aromatic rings. The van der Waals surface area contributed by atoms with Crippen LogP contribution in [0.4, 0.5) is 5.69 Å². The molecule has 1 aliphatic rings. The Morgan fingerprint density at radius 3 is 2.61 bits per heavy atom. The fourth-order valence-corrected chi connectivity index (χ4v) is 2.40. The minimum absolute atomic E-state index is 0.0488. The van der Waals surface area contributed by atoms with E-state index >= 15 is 0 Å². The number of carbonyl (C=O) groups excluding carboxylic acids is 3. The average molecular weight is 319 g/mol. The number of amides is 2. The van der Waals surface area contributed by atoms with Crippen molar-refractivity contribution in [1.82, 2.24) is 10.6 Å². The van der Waals surface area contributed by atoms with Crippen molar-refractivity contribution >= 4 is 23.5 Å². The summed E-state index contributed by atoms with van der Waals surface area (Å²) in [6, 6.07) is 6.75. The minimum Gasteiger partial charge on any atom is -0.468 e. The van der Waals surface area contributed by atoms with Crippen LogP contribution in [0.1, 0.15) is 29.6 Å². The van der Waals surface area contributed by atoms with Gasteiger partial charge in [0.15, 0.2) is 0 Å². The van der Waals surface area contributed by atoms with Crippen LogP contribution in [0.3, 0.4) is 0 Å². The van der Waals surface area contributed by atoms with Gasteiger partial charge in [-0.2, -0.15) is 0 Å². The lowest BCUT2D eigenvalue weighted by Gasteiger charge is -2.11. The highest BCUT2D eigenvalue weighted by Gasteiger charge is 2.17.